The zero-order valence-corrected chi connectivity index (χ0v) is 10.0. The third-order valence-electron chi connectivity index (χ3n) is 3.26. The van der Waals surface area contributed by atoms with E-state index in [1.807, 2.05) is 0 Å². The van der Waals surface area contributed by atoms with Gasteiger partial charge in [-0.1, -0.05) is 13.3 Å². The number of rotatable bonds is 3. The number of anilines is 2. The minimum atomic E-state index is -4.58. The molecule has 18 heavy (non-hydrogen) atoms. The first-order valence-electron chi connectivity index (χ1n) is 5.74. The number of nitrogens with one attached hydrogen (secondary N) is 1. The molecule has 7 heteroatoms. The van der Waals surface area contributed by atoms with Crippen molar-refractivity contribution in [1.82, 2.24) is 9.97 Å². The summed E-state index contributed by atoms with van der Waals surface area (Å²) >= 11 is 0. The average Bonchev–Trinajstić information content (AvgIpc) is 2.22. The van der Waals surface area contributed by atoms with E-state index in [1.54, 1.807) is 0 Å². The van der Waals surface area contributed by atoms with Crippen molar-refractivity contribution in [2.45, 2.75) is 32.4 Å². The summed E-state index contributed by atoms with van der Waals surface area (Å²) in [4.78, 5) is 6.62. The average molecular weight is 260 g/mol. The van der Waals surface area contributed by atoms with Crippen LogP contribution in [0.3, 0.4) is 0 Å². The number of nitrogen functional groups attached to an aromatic ring is 1. The predicted molar refractivity (Wildman–Crippen MR) is 61.9 cm³/mol. The van der Waals surface area contributed by atoms with Crippen LogP contribution >= 0.6 is 0 Å². The van der Waals surface area contributed by atoms with Gasteiger partial charge < -0.3 is 11.1 Å². The Bertz CT molecular complexity index is 440. The second-order valence-corrected chi connectivity index (χ2v) is 5.02. The summed E-state index contributed by atoms with van der Waals surface area (Å²) in [5.41, 5.74) is 5.50. The Hall–Kier alpha value is -1.53. The Morgan fingerprint density at radius 3 is 2.56 bits per heavy atom. The Labute approximate surface area is 103 Å². The predicted octanol–water partition coefficient (Wildman–Crippen LogP) is 2.68. The summed E-state index contributed by atoms with van der Waals surface area (Å²) in [6.07, 6.45) is -1.26. The zero-order chi connectivity index (χ0) is 13.4. The highest BCUT2D eigenvalue weighted by molar-refractivity contribution is 5.45. The molecular formula is C11H15F3N4. The van der Waals surface area contributed by atoms with E-state index in [0.29, 0.717) is 6.54 Å². The molecule has 0 aliphatic heterocycles. The van der Waals surface area contributed by atoms with E-state index >= 15 is 0 Å². The van der Waals surface area contributed by atoms with Crippen LogP contribution in [-0.4, -0.2) is 16.5 Å². The van der Waals surface area contributed by atoms with Crippen molar-refractivity contribution in [2.75, 3.05) is 17.6 Å². The molecule has 4 nitrogen and oxygen atoms in total. The highest BCUT2D eigenvalue weighted by atomic mass is 19.4. The van der Waals surface area contributed by atoms with E-state index in [0.717, 1.165) is 19.3 Å². The molecule has 1 aromatic heterocycles. The normalized spacial score (nSPS) is 18.2. The smallest absolute Gasteiger partial charge is 0.384 e. The van der Waals surface area contributed by atoms with Gasteiger partial charge in [0.1, 0.15) is 11.6 Å². The van der Waals surface area contributed by atoms with Gasteiger partial charge in [0.05, 0.1) is 0 Å². The fourth-order valence-electron chi connectivity index (χ4n) is 1.94. The summed E-state index contributed by atoms with van der Waals surface area (Å²) in [6, 6.07) is 1.32. The van der Waals surface area contributed by atoms with Crippen LogP contribution in [0, 0.1) is 5.41 Å². The lowest BCUT2D eigenvalue weighted by Crippen LogP contribution is -2.33. The molecule has 2 rings (SSSR count). The highest BCUT2D eigenvalue weighted by Gasteiger charge is 2.36. The molecule has 1 saturated carbocycles. The van der Waals surface area contributed by atoms with Crippen molar-refractivity contribution in [3.63, 3.8) is 0 Å². The summed E-state index contributed by atoms with van der Waals surface area (Å²) in [5.74, 6) is -1.26. The van der Waals surface area contributed by atoms with Gasteiger partial charge in [-0.05, 0) is 18.3 Å². The molecule has 100 valence electrons. The number of aromatic nitrogens is 2. The number of hydrogen-bond acceptors (Lipinski definition) is 4. The largest absolute Gasteiger partial charge is 0.451 e. The molecule has 0 saturated heterocycles. The summed E-state index contributed by atoms with van der Waals surface area (Å²) < 4.78 is 37.5. The Kier molecular flexibility index (Phi) is 3.08. The van der Waals surface area contributed by atoms with Crippen molar-refractivity contribution in [3.8, 4) is 0 Å². The van der Waals surface area contributed by atoms with Crippen LogP contribution in [0.15, 0.2) is 6.07 Å². The Morgan fingerprint density at radius 1 is 1.39 bits per heavy atom. The summed E-state index contributed by atoms with van der Waals surface area (Å²) in [5, 5.41) is 2.91. The number of halogens is 3. The third kappa shape index (κ3) is 2.83. The van der Waals surface area contributed by atoms with Crippen LogP contribution < -0.4 is 11.1 Å². The van der Waals surface area contributed by atoms with Gasteiger partial charge in [0.25, 0.3) is 0 Å². The molecule has 0 aromatic carbocycles. The topological polar surface area (TPSA) is 63.8 Å². The van der Waals surface area contributed by atoms with Gasteiger partial charge in [-0.3, -0.25) is 0 Å². The molecule has 0 spiro atoms. The Morgan fingerprint density at radius 2 is 2.06 bits per heavy atom. The maximum Gasteiger partial charge on any atom is 0.451 e. The van der Waals surface area contributed by atoms with Gasteiger partial charge in [-0.15, -0.1) is 0 Å². The fourth-order valence-corrected chi connectivity index (χ4v) is 1.94. The van der Waals surface area contributed by atoms with E-state index in [1.165, 1.54) is 6.07 Å². The lowest BCUT2D eigenvalue weighted by atomic mass is 9.70. The van der Waals surface area contributed by atoms with Crippen molar-refractivity contribution in [1.29, 1.82) is 0 Å². The molecule has 0 amide bonds. The minimum Gasteiger partial charge on any atom is -0.384 e. The van der Waals surface area contributed by atoms with Gasteiger partial charge >= 0.3 is 6.18 Å². The second-order valence-electron chi connectivity index (χ2n) is 5.02. The van der Waals surface area contributed by atoms with Gasteiger partial charge in [-0.25, -0.2) is 9.97 Å². The lowest BCUT2D eigenvalue weighted by Gasteiger charge is -2.38. The van der Waals surface area contributed by atoms with E-state index < -0.39 is 12.0 Å². The molecule has 0 radical (unpaired) electrons. The molecule has 1 fully saturated rings. The van der Waals surface area contributed by atoms with Gasteiger partial charge in [0.2, 0.25) is 5.82 Å². The number of alkyl halides is 3. The number of nitrogens with zero attached hydrogens (tertiary/aromatic N) is 2. The van der Waals surface area contributed by atoms with E-state index in [4.69, 9.17) is 5.73 Å². The van der Waals surface area contributed by atoms with Crippen LogP contribution in [0.5, 0.6) is 0 Å². The SMILES string of the molecule is CC1(CNc2cc(N)nc(C(F)(F)F)n2)CCC1. The fraction of sp³-hybridized carbons (Fsp3) is 0.636. The van der Waals surface area contributed by atoms with Crippen molar-refractivity contribution in [2.24, 2.45) is 5.41 Å². The second kappa shape index (κ2) is 4.29. The van der Waals surface area contributed by atoms with Crippen molar-refractivity contribution >= 4 is 11.6 Å². The monoisotopic (exact) mass is 260 g/mol. The molecule has 1 aliphatic rings. The van der Waals surface area contributed by atoms with Crippen molar-refractivity contribution < 1.29 is 13.2 Å². The van der Waals surface area contributed by atoms with E-state index in [-0.39, 0.29) is 17.1 Å². The quantitative estimate of drug-likeness (QED) is 0.877. The summed E-state index contributed by atoms with van der Waals surface area (Å²) in [6.45, 7) is 2.69. The van der Waals surface area contributed by atoms with Crippen LogP contribution in [-0.2, 0) is 6.18 Å². The van der Waals surface area contributed by atoms with Gasteiger partial charge in [-0.2, -0.15) is 13.2 Å². The number of nitrogens with two attached hydrogens (primary N) is 1. The molecule has 1 aromatic rings. The molecular weight excluding hydrogens is 245 g/mol. The van der Waals surface area contributed by atoms with Crippen LogP contribution in [0.4, 0.5) is 24.8 Å². The Balaban J connectivity index is 2.10. The first-order valence-corrected chi connectivity index (χ1v) is 5.74. The third-order valence-corrected chi connectivity index (χ3v) is 3.26. The zero-order valence-electron chi connectivity index (χ0n) is 10.0. The molecule has 3 N–H and O–H groups in total. The first-order chi connectivity index (χ1) is 8.28. The maximum absolute atomic E-state index is 12.5. The van der Waals surface area contributed by atoms with Crippen LogP contribution in [0.1, 0.15) is 32.0 Å². The van der Waals surface area contributed by atoms with Gasteiger partial charge in [0.15, 0.2) is 0 Å². The van der Waals surface area contributed by atoms with Crippen LogP contribution in [0.25, 0.3) is 0 Å². The number of hydrogen-bond donors (Lipinski definition) is 2. The lowest BCUT2D eigenvalue weighted by molar-refractivity contribution is -0.144. The minimum absolute atomic E-state index is 0.128. The van der Waals surface area contributed by atoms with Crippen molar-refractivity contribution in [3.05, 3.63) is 11.9 Å². The van der Waals surface area contributed by atoms with Crippen LogP contribution in [0.2, 0.25) is 0 Å². The van der Waals surface area contributed by atoms with E-state index in [9.17, 15) is 13.2 Å². The molecule has 0 atom stereocenters. The molecule has 0 unspecified atom stereocenters. The van der Waals surface area contributed by atoms with E-state index in [2.05, 4.69) is 22.2 Å². The highest BCUT2D eigenvalue weighted by Crippen LogP contribution is 2.40. The standard InChI is InChI=1S/C11H15F3N4/c1-10(3-2-4-10)6-16-8-5-7(15)17-9(18-8)11(12,13)14/h5H,2-4,6H2,1H3,(H3,15,16,17,18). The first kappa shape index (κ1) is 12.9. The summed E-state index contributed by atoms with van der Waals surface area (Å²) in [7, 11) is 0. The molecule has 0 bridgehead atoms. The van der Waals surface area contributed by atoms with Gasteiger partial charge in [0, 0.05) is 12.6 Å². The molecule has 1 heterocycles. The maximum atomic E-state index is 12.5. The molecule has 1 aliphatic carbocycles.